The number of rotatable bonds is 7. The highest BCUT2D eigenvalue weighted by Crippen LogP contribution is 2.12. The Kier molecular flexibility index (Phi) is 5.54. The first-order valence-corrected chi connectivity index (χ1v) is 9.11. The standard InChI is InChI=1S/C16H21N3O3S/c1-3-19-14(9-11-17-19)13-18(2)16(20)10-12-23(21,22)15-7-5-4-6-8-15/h4-9,11H,3,10,12-13H2,1-2H3. The lowest BCUT2D eigenvalue weighted by atomic mass is 10.3. The summed E-state index contributed by atoms with van der Waals surface area (Å²) < 4.78 is 26.2. The van der Waals surface area contributed by atoms with Crippen molar-refractivity contribution in [3.05, 3.63) is 48.3 Å². The van der Waals surface area contributed by atoms with Crippen molar-refractivity contribution < 1.29 is 13.2 Å². The second kappa shape index (κ2) is 7.41. The third kappa shape index (κ3) is 4.41. The largest absolute Gasteiger partial charge is 0.340 e. The zero-order valence-electron chi connectivity index (χ0n) is 13.3. The van der Waals surface area contributed by atoms with E-state index in [0.29, 0.717) is 6.54 Å². The van der Waals surface area contributed by atoms with E-state index < -0.39 is 9.84 Å². The Balaban J connectivity index is 1.94. The minimum Gasteiger partial charge on any atom is -0.340 e. The third-order valence-electron chi connectivity index (χ3n) is 3.62. The first kappa shape index (κ1) is 17.2. The first-order valence-electron chi connectivity index (χ1n) is 7.46. The number of nitrogens with zero attached hydrogens (tertiary/aromatic N) is 3. The van der Waals surface area contributed by atoms with Crippen molar-refractivity contribution in [2.45, 2.75) is 31.3 Å². The van der Waals surface area contributed by atoms with Gasteiger partial charge in [-0.3, -0.25) is 9.48 Å². The van der Waals surface area contributed by atoms with Gasteiger partial charge in [-0.25, -0.2) is 8.42 Å². The molecule has 0 saturated carbocycles. The molecule has 2 aromatic rings. The van der Waals surface area contributed by atoms with Crippen LogP contribution in [0.25, 0.3) is 0 Å². The SMILES string of the molecule is CCn1nccc1CN(C)C(=O)CCS(=O)(=O)c1ccccc1. The van der Waals surface area contributed by atoms with E-state index >= 15 is 0 Å². The summed E-state index contributed by atoms with van der Waals surface area (Å²) in [5.74, 6) is -0.388. The predicted molar refractivity (Wildman–Crippen MR) is 87.5 cm³/mol. The quantitative estimate of drug-likeness (QED) is 0.772. The van der Waals surface area contributed by atoms with Crippen LogP contribution < -0.4 is 0 Å². The van der Waals surface area contributed by atoms with Gasteiger partial charge in [0.1, 0.15) is 0 Å². The van der Waals surface area contributed by atoms with Gasteiger partial charge in [-0.2, -0.15) is 5.10 Å². The van der Waals surface area contributed by atoms with Gasteiger partial charge in [0.25, 0.3) is 0 Å². The molecule has 1 heterocycles. The molecule has 1 aromatic carbocycles. The molecule has 0 aliphatic rings. The summed E-state index contributed by atoms with van der Waals surface area (Å²) in [4.78, 5) is 14.0. The Morgan fingerprint density at radius 2 is 1.91 bits per heavy atom. The van der Waals surface area contributed by atoms with Crippen LogP contribution in [-0.4, -0.2) is 41.8 Å². The van der Waals surface area contributed by atoms with Crippen LogP contribution >= 0.6 is 0 Å². The predicted octanol–water partition coefficient (Wildman–Crippen LogP) is 1.73. The molecule has 6 nitrogen and oxygen atoms in total. The molecule has 7 heteroatoms. The van der Waals surface area contributed by atoms with Gasteiger partial charge in [0, 0.05) is 26.2 Å². The molecule has 23 heavy (non-hydrogen) atoms. The molecule has 124 valence electrons. The Bertz CT molecular complexity index is 754. The number of amides is 1. The van der Waals surface area contributed by atoms with Crippen molar-refractivity contribution in [1.29, 1.82) is 0 Å². The van der Waals surface area contributed by atoms with Crippen molar-refractivity contribution >= 4 is 15.7 Å². The van der Waals surface area contributed by atoms with E-state index in [0.717, 1.165) is 12.2 Å². The number of carbonyl (C=O) groups is 1. The summed E-state index contributed by atoms with van der Waals surface area (Å²) >= 11 is 0. The van der Waals surface area contributed by atoms with Crippen molar-refractivity contribution in [1.82, 2.24) is 14.7 Å². The highest BCUT2D eigenvalue weighted by Gasteiger charge is 2.18. The molecule has 0 saturated heterocycles. The van der Waals surface area contributed by atoms with Crippen LogP contribution in [0, 0.1) is 0 Å². The summed E-state index contributed by atoms with van der Waals surface area (Å²) in [5.41, 5.74) is 0.925. The number of aryl methyl sites for hydroxylation is 1. The number of hydrogen-bond donors (Lipinski definition) is 0. The Hall–Kier alpha value is -2.15. The zero-order chi connectivity index (χ0) is 16.9. The number of aromatic nitrogens is 2. The van der Waals surface area contributed by atoms with Crippen LogP contribution in [0.3, 0.4) is 0 Å². The lowest BCUT2D eigenvalue weighted by Gasteiger charge is -2.17. The van der Waals surface area contributed by atoms with Crippen LogP contribution in [0.1, 0.15) is 19.0 Å². The molecule has 0 fully saturated rings. The maximum atomic E-state index is 12.2. The van der Waals surface area contributed by atoms with Gasteiger partial charge in [0.05, 0.1) is 22.9 Å². The van der Waals surface area contributed by atoms with E-state index in [-0.39, 0.29) is 23.0 Å². The van der Waals surface area contributed by atoms with Gasteiger partial charge in [-0.1, -0.05) is 18.2 Å². The van der Waals surface area contributed by atoms with Crippen molar-refractivity contribution in [2.75, 3.05) is 12.8 Å². The number of benzene rings is 1. The molecule has 1 amide bonds. The zero-order valence-corrected chi connectivity index (χ0v) is 14.2. The minimum absolute atomic E-state index is 0.0337. The van der Waals surface area contributed by atoms with E-state index in [1.807, 2.05) is 17.7 Å². The molecule has 0 N–H and O–H groups in total. The smallest absolute Gasteiger partial charge is 0.223 e. The lowest BCUT2D eigenvalue weighted by Crippen LogP contribution is -2.29. The summed E-state index contributed by atoms with van der Waals surface area (Å²) in [6, 6.07) is 10.1. The monoisotopic (exact) mass is 335 g/mol. The van der Waals surface area contributed by atoms with Crippen LogP contribution in [0.5, 0.6) is 0 Å². The topological polar surface area (TPSA) is 72.3 Å². The normalized spacial score (nSPS) is 11.4. The van der Waals surface area contributed by atoms with E-state index in [4.69, 9.17) is 0 Å². The fraction of sp³-hybridized carbons (Fsp3) is 0.375. The van der Waals surface area contributed by atoms with Gasteiger partial charge in [-0.15, -0.1) is 0 Å². The first-order chi connectivity index (χ1) is 10.9. The molecular weight excluding hydrogens is 314 g/mol. The highest BCUT2D eigenvalue weighted by atomic mass is 32.2. The summed E-state index contributed by atoms with van der Waals surface area (Å²) in [6.07, 6.45) is 1.66. The van der Waals surface area contributed by atoms with Gasteiger partial charge in [0.15, 0.2) is 9.84 Å². The molecule has 0 aliphatic heterocycles. The molecule has 0 unspecified atom stereocenters. The van der Waals surface area contributed by atoms with Crippen LogP contribution in [0.4, 0.5) is 0 Å². The van der Waals surface area contributed by atoms with Crippen LogP contribution in [0.2, 0.25) is 0 Å². The summed E-state index contributed by atoms with van der Waals surface area (Å²) in [6.45, 7) is 3.12. The van der Waals surface area contributed by atoms with Crippen LogP contribution in [0.15, 0.2) is 47.5 Å². The Labute approximate surface area is 136 Å². The second-order valence-corrected chi connectivity index (χ2v) is 7.38. The van der Waals surface area contributed by atoms with E-state index in [1.165, 1.54) is 4.90 Å². The molecule has 0 aliphatic carbocycles. The molecule has 1 aromatic heterocycles. The summed E-state index contributed by atoms with van der Waals surface area (Å²) in [5, 5.41) is 4.15. The fourth-order valence-corrected chi connectivity index (χ4v) is 3.52. The van der Waals surface area contributed by atoms with E-state index in [2.05, 4.69) is 5.10 Å². The summed E-state index contributed by atoms with van der Waals surface area (Å²) in [7, 11) is -1.76. The van der Waals surface area contributed by atoms with Crippen molar-refractivity contribution in [2.24, 2.45) is 0 Å². The van der Waals surface area contributed by atoms with Gasteiger partial charge >= 0.3 is 0 Å². The fourth-order valence-electron chi connectivity index (χ4n) is 2.27. The molecule has 0 spiro atoms. The van der Waals surface area contributed by atoms with Crippen LogP contribution in [-0.2, 0) is 27.7 Å². The number of sulfone groups is 1. The average molecular weight is 335 g/mol. The number of carbonyl (C=O) groups excluding carboxylic acids is 1. The molecule has 2 rings (SSSR count). The van der Waals surface area contributed by atoms with Crippen molar-refractivity contribution in [3.8, 4) is 0 Å². The highest BCUT2D eigenvalue weighted by molar-refractivity contribution is 7.91. The molecule has 0 bridgehead atoms. The average Bonchev–Trinajstić information content (AvgIpc) is 3.00. The number of hydrogen-bond acceptors (Lipinski definition) is 4. The van der Waals surface area contributed by atoms with E-state index in [1.54, 1.807) is 43.6 Å². The van der Waals surface area contributed by atoms with Gasteiger partial charge in [-0.05, 0) is 25.1 Å². The minimum atomic E-state index is -3.43. The Morgan fingerprint density at radius 1 is 1.22 bits per heavy atom. The molecular formula is C16H21N3O3S. The molecule has 0 atom stereocenters. The Morgan fingerprint density at radius 3 is 2.57 bits per heavy atom. The van der Waals surface area contributed by atoms with Crippen molar-refractivity contribution in [3.63, 3.8) is 0 Å². The van der Waals surface area contributed by atoms with E-state index in [9.17, 15) is 13.2 Å². The maximum Gasteiger partial charge on any atom is 0.223 e. The second-order valence-electron chi connectivity index (χ2n) is 5.27. The maximum absolute atomic E-state index is 12.2. The molecule has 0 radical (unpaired) electrons. The van der Waals surface area contributed by atoms with Gasteiger partial charge in [0.2, 0.25) is 5.91 Å². The lowest BCUT2D eigenvalue weighted by molar-refractivity contribution is -0.130. The third-order valence-corrected chi connectivity index (χ3v) is 5.35. The van der Waals surface area contributed by atoms with Gasteiger partial charge < -0.3 is 4.90 Å².